The molecule has 0 saturated heterocycles. The average Bonchev–Trinajstić information content (AvgIpc) is 3.86. The summed E-state index contributed by atoms with van der Waals surface area (Å²) in [5.41, 5.74) is 1.34. The fourth-order valence-electron chi connectivity index (χ4n) is 8.07. The van der Waals surface area contributed by atoms with E-state index in [1.165, 1.54) is 9.80 Å². The summed E-state index contributed by atoms with van der Waals surface area (Å²) < 4.78 is 0. The van der Waals surface area contributed by atoms with Crippen molar-refractivity contribution in [2.24, 2.45) is 11.8 Å². The summed E-state index contributed by atoms with van der Waals surface area (Å²) in [5.74, 6) is -0.720. The fraction of sp³-hybridized carbons (Fsp3) is 0.524. The lowest BCUT2D eigenvalue weighted by Gasteiger charge is -2.32. The van der Waals surface area contributed by atoms with Gasteiger partial charge in [0.25, 0.3) is 23.6 Å². The molecule has 2 aromatic rings. The molecule has 0 unspecified atom stereocenters. The Morgan fingerprint density at radius 2 is 1.02 bits per heavy atom. The molecule has 0 aromatic heterocycles. The molecule has 2 aliphatic heterocycles. The van der Waals surface area contributed by atoms with E-state index in [9.17, 15) is 28.8 Å². The van der Waals surface area contributed by atoms with Gasteiger partial charge in [-0.1, -0.05) is 43.6 Å². The molecule has 11 heteroatoms. The van der Waals surface area contributed by atoms with E-state index in [-0.39, 0.29) is 18.4 Å². The first-order chi connectivity index (χ1) is 25.7. The number of benzene rings is 2. The third-order valence-corrected chi connectivity index (χ3v) is 11.0. The molecule has 2 aliphatic carbocycles. The zero-order chi connectivity index (χ0) is 37.3. The van der Waals surface area contributed by atoms with Crippen molar-refractivity contribution >= 4 is 46.2 Å². The molecule has 53 heavy (non-hydrogen) atoms. The average molecular weight is 724 g/mol. The van der Waals surface area contributed by atoms with E-state index in [1.807, 2.05) is 7.05 Å². The Labute approximate surface area is 312 Å². The Hall–Kier alpha value is -4.64. The zero-order valence-electron chi connectivity index (χ0n) is 31.0. The Balaban J connectivity index is 0.949. The summed E-state index contributed by atoms with van der Waals surface area (Å²) in [6, 6.07) is 6.47. The summed E-state index contributed by atoms with van der Waals surface area (Å²) in [6.07, 6.45) is 19.5. The first-order valence-electron chi connectivity index (χ1n) is 19.6. The number of nitrogens with one attached hydrogen (secondary N) is 2. The van der Waals surface area contributed by atoms with Gasteiger partial charge in [-0.3, -0.25) is 38.6 Å². The van der Waals surface area contributed by atoms with Crippen molar-refractivity contribution in [3.05, 3.63) is 70.8 Å². The maximum atomic E-state index is 13.7. The molecular weight excluding hydrogens is 670 g/mol. The lowest BCUT2D eigenvalue weighted by molar-refractivity contribution is -0.122. The number of hydrogen-bond acceptors (Lipinski definition) is 7. The summed E-state index contributed by atoms with van der Waals surface area (Å²) in [6.45, 7) is 3.26. The minimum absolute atomic E-state index is 0.0857. The van der Waals surface area contributed by atoms with Gasteiger partial charge < -0.3 is 15.5 Å². The van der Waals surface area contributed by atoms with Crippen LogP contribution in [0.4, 0.5) is 0 Å². The largest absolute Gasteiger partial charge is 0.356 e. The van der Waals surface area contributed by atoms with Gasteiger partial charge >= 0.3 is 0 Å². The zero-order valence-corrected chi connectivity index (χ0v) is 31.0. The smallest absolute Gasteiger partial charge is 0.261 e. The van der Waals surface area contributed by atoms with Crippen LogP contribution in [0, 0.1) is 11.8 Å². The molecule has 2 N–H and O–H groups in total. The second-order valence-corrected chi connectivity index (χ2v) is 15.0. The molecule has 282 valence electrons. The highest BCUT2D eigenvalue weighted by Crippen LogP contribution is 2.38. The SMILES string of the molecule is CN(CCCNC(=O)C[C@H]1C=CCC1)CCCN1C(=O)c2ccc3c4c(ccc(c24)C1=O)C(=O)N(CCCCCCCNC(=O)C[C@H]1C=CCC1)C3=O. The molecule has 0 saturated carbocycles. The van der Waals surface area contributed by atoms with Gasteiger partial charge in [0.05, 0.1) is 0 Å². The van der Waals surface area contributed by atoms with Gasteiger partial charge in [-0.25, -0.2) is 0 Å². The lowest BCUT2D eigenvalue weighted by Crippen LogP contribution is -2.44. The van der Waals surface area contributed by atoms with Crippen molar-refractivity contribution < 1.29 is 28.8 Å². The lowest BCUT2D eigenvalue weighted by atomic mass is 9.86. The van der Waals surface area contributed by atoms with Crippen molar-refractivity contribution in [1.29, 1.82) is 0 Å². The quantitative estimate of drug-likeness (QED) is 0.103. The molecule has 11 nitrogen and oxygen atoms in total. The molecule has 0 bridgehead atoms. The molecule has 2 atom stereocenters. The summed E-state index contributed by atoms with van der Waals surface area (Å²) in [7, 11) is 1.99. The number of nitrogens with zero attached hydrogens (tertiary/aromatic N) is 3. The monoisotopic (exact) mass is 723 g/mol. The number of allylic oxidation sites excluding steroid dienone is 4. The van der Waals surface area contributed by atoms with Crippen LogP contribution >= 0.6 is 0 Å². The number of imide groups is 2. The number of rotatable bonds is 20. The molecular formula is C42H53N5O6. The van der Waals surface area contributed by atoms with Crippen LogP contribution in [-0.4, -0.2) is 96.5 Å². The van der Waals surface area contributed by atoms with Crippen molar-refractivity contribution in [2.75, 3.05) is 46.3 Å². The molecule has 2 heterocycles. The van der Waals surface area contributed by atoms with Crippen LogP contribution in [0.5, 0.6) is 0 Å². The maximum absolute atomic E-state index is 13.7. The van der Waals surface area contributed by atoms with Gasteiger partial charge in [0.15, 0.2) is 0 Å². The van der Waals surface area contributed by atoms with Gasteiger partial charge in [0.1, 0.15) is 0 Å². The highest BCUT2D eigenvalue weighted by atomic mass is 16.2. The number of hydrogen-bond donors (Lipinski definition) is 2. The predicted octanol–water partition coefficient (Wildman–Crippen LogP) is 5.64. The highest BCUT2D eigenvalue weighted by Gasteiger charge is 2.39. The van der Waals surface area contributed by atoms with Crippen LogP contribution in [0.2, 0.25) is 0 Å². The second-order valence-electron chi connectivity index (χ2n) is 15.0. The van der Waals surface area contributed by atoms with Crippen LogP contribution in [0.15, 0.2) is 48.6 Å². The number of amides is 6. The Morgan fingerprint density at radius 3 is 1.49 bits per heavy atom. The normalized spacial score (nSPS) is 19.0. The van der Waals surface area contributed by atoms with E-state index in [2.05, 4.69) is 39.8 Å². The highest BCUT2D eigenvalue weighted by molar-refractivity contribution is 6.33. The van der Waals surface area contributed by atoms with E-state index >= 15 is 0 Å². The van der Waals surface area contributed by atoms with Gasteiger partial charge in [0, 0.05) is 72.0 Å². The van der Waals surface area contributed by atoms with Crippen LogP contribution < -0.4 is 10.6 Å². The molecule has 0 fully saturated rings. The van der Waals surface area contributed by atoms with Crippen molar-refractivity contribution in [2.45, 2.75) is 83.5 Å². The standard InChI is InChI=1S/C42H53N5O6/c1-45(23-11-22-44-36(49)28-30-15-7-8-16-30)24-12-26-47-41(52)33-19-17-31-37-32(18-20-34(38(33)37)42(47)53)40(51)46(39(31)50)25-10-4-2-3-9-21-43-35(48)27-29-13-5-6-14-29/h5,7,13,15,17-20,29-30H,2-4,6,8-12,14,16,21-28H2,1H3,(H,43,48)(H,44,49)/t29-,30-/m0/s1. The first kappa shape index (κ1) is 38.1. The van der Waals surface area contributed by atoms with Crippen molar-refractivity contribution in [3.63, 3.8) is 0 Å². The minimum Gasteiger partial charge on any atom is -0.356 e. The van der Waals surface area contributed by atoms with Gasteiger partial charge in [-0.15, -0.1) is 0 Å². The summed E-state index contributed by atoms with van der Waals surface area (Å²) >= 11 is 0. The van der Waals surface area contributed by atoms with Crippen molar-refractivity contribution in [3.8, 4) is 0 Å². The number of carbonyl (C=O) groups is 6. The first-order valence-corrected chi connectivity index (χ1v) is 19.6. The predicted molar refractivity (Wildman–Crippen MR) is 203 cm³/mol. The third-order valence-electron chi connectivity index (χ3n) is 11.0. The van der Waals surface area contributed by atoms with Crippen molar-refractivity contribution in [1.82, 2.24) is 25.3 Å². The Kier molecular flexibility index (Phi) is 12.9. The van der Waals surface area contributed by atoms with Crippen LogP contribution in [0.25, 0.3) is 10.8 Å². The molecule has 0 radical (unpaired) electrons. The van der Waals surface area contributed by atoms with Crippen LogP contribution in [0.1, 0.15) is 125 Å². The molecule has 6 rings (SSSR count). The van der Waals surface area contributed by atoms with E-state index < -0.39 is 23.6 Å². The molecule has 2 aromatic carbocycles. The van der Waals surface area contributed by atoms with E-state index in [0.29, 0.717) is 96.7 Å². The second kappa shape index (κ2) is 17.9. The minimum atomic E-state index is -0.415. The number of unbranched alkanes of at least 4 members (excludes halogenated alkanes) is 4. The Morgan fingerprint density at radius 1 is 0.604 bits per heavy atom. The van der Waals surface area contributed by atoms with Gasteiger partial charge in [-0.2, -0.15) is 0 Å². The third kappa shape index (κ3) is 9.12. The topological polar surface area (TPSA) is 136 Å². The Bertz CT molecular complexity index is 1730. The molecule has 0 spiro atoms. The summed E-state index contributed by atoms with van der Waals surface area (Å²) in [4.78, 5) is 83.5. The summed E-state index contributed by atoms with van der Waals surface area (Å²) in [5, 5.41) is 6.80. The molecule has 4 aliphatic rings. The number of carbonyl (C=O) groups excluding carboxylic acids is 6. The van der Waals surface area contributed by atoms with E-state index in [4.69, 9.17) is 0 Å². The van der Waals surface area contributed by atoms with Gasteiger partial charge in [0.2, 0.25) is 11.8 Å². The van der Waals surface area contributed by atoms with Gasteiger partial charge in [-0.05, 0) is 108 Å². The fourth-order valence-corrected chi connectivity index (χ4v) is 8.07. The van der Waals surface area contributed by atoms with Crippen LogP contribution in [-0.2, 0) is 9.59 Å². The van der Waals surface area contributed by atoms with E-state index in [0.717, 1.165) is 64.3 Å². The maximum Gasteiger partial charge on any atom is 0.261 e. The van der Waals surface area contributed by atoms with E-state index in [1.54, 1.807) is 24.3 Å². The van der Waals surface area contributed by atoms with Crippen LogP contribution in [0.3, 0.4) is 0 Å². The molecule has 6 amide bonds.